The Kier molecular flexibility index (Phi) is 5.10. The van der Waals surface area contributed by atoms with Crippen LogP contribution in [0.2, 0.25) is 0 Å². The van der Waals surface area contributed by atoms with Crippen molar-refractivity contribution in [3.8, 4) is 11.5 Å². The highest BCUT2D eigenvalue weighted by Gasteiger charge is 2.51. The Labute approximate surface area is 168 Å². The number of carbonyl (C=O) groups is 3. The molecule has 4 fully saturated rings. The third kappa shape index (κ3) is 4.16. The summed E-state index contributed by atoms with van der Waals surface area (Å²) in [5.41, 5.74) is -0.290. The van der Waals surface area contributed by atoms with Crippen LogP contribution < -0.4 is 15.4 Å². The van der Waals surface area contributed by atoms with Crippen LogP contribution in [0.1, 0.15) is 48.9 Å². The lowest BCUT2D eigenvalue weighted by Gasteiger charge is -2.56. The molecule has 0 aromatic heterocycles. The number of hydrogen-bond acceptors (Lipinski definition) is 6. The molecule has 3 N–H and O–H groups in total. The van der Waals surface area contributed by atoms with Gasteiger partial charge in [-0.05, 0) is 68.4 Å². The van der Waals surface area contributed by atoms with Crippen molar-refractivity contribution in [2.75, 3.05) is 13.7 Å². The quantitative estimate of drug-likeness (QED) is 0.652. The van der Waals surface area contributed by atoms with Gasteiger partial charge in [-0.3, -0.25) is 10.1 Å². The number of esters is 1. The summed E-state index contributed by atoms with van der Waals surface area (Å²) in [6.45, 7) is -0.613. The molecule has 156 valence electrons. The Hall–Kier alpha value is -2.77. The van der Waals surface area contributed by atoms with E-state index in [1.54, 1.807) is 0 Å². The van der Waals surface area contributed by atoms with Crippen molar-refractivity contribution in [2.45, 2.75) is 44.1 Å². The number of amides is 3. The first kappa shape index (κ1) is 19.5. The molecule has 8 heteroatoms. The summed E-state index contributed by atoms with van der Waals surface area (Å²) in [6.07, 6.45) is 6.71. The topological polar surface area (TPSA) is 114 Å². The second-order valence-corrected chi connectivity index (χ2v) is 8.66. The molecule has 0 saturated heterocycles. The maximum Gasteiger partial charge on any atom is 0.342 e. The molecular weight excluding hydrogens is 376 g/mol. The molecule has 4 saturated carbocycles. The van der Waals surface area contributed by atoms with Crippen LogP contribution >= 0.6 is 0 Å². The van der Waals surface area contributed by atoms with Crippen LogP contribution in [-0.2, 0) is 9.53 Å². The Morgan fingerprint density at radius 1 is 1.10 bits per heavy atom. The van der Waals surface area contributed by atoms with Crippen molar-refractivity contribution < 1.29 is 29.0 Å². The van der Waals surface area contributed by atoms with E-state index >= 15 is 0 Å². The number of phenolic OH excluding ortho intramolecular Hbond substituents is 1. The van der Waals surface area contributed by atoms with Crippen molar-refractivity contribution in [3.05, 3.63) is 23.8 Å². The summed E-state index contributed by atoms with van der Waals surface area (Å²) in [6, 6.07) is 3.57. The Morgan fingerprint density at radius 2 is 1.72 bits per heavy atom. The van der Waals surface area contributed by atoms with Gasteiger partial charge in [-0.15, -0.1) is 0 Å². The third-order valence-corrected chi connectivity index (χ3v) is 6.43. The zero-order valence-electron chi connectivity index (χ0n) is 16.4. The van der Waals surface area contributed by atoms with Crippen LogP contribution in [0, 0.1) is 17.8 Å². The largest absolute Gasteiger partial charge is 0.507 e. The maximum atomic E-state index is 12.3. The molecule has 8 nitrogen and oxygen atoms in total. The van der Waals surface area contributed by atoms with Gasteiger partial charge in [0.25, 0.3) is 5.91 Å². The van der Waals surface area contributed by atoms with E-state index < -0.39 is 24.5 Å². The maximum absolute atomic E-state index is 12.3. The van der Waals surface area contributed by atoms with Gasteiger partial charge in [-0.25, -0.2) is 9.59 Å². The predicted molar refractivity (Wildman–Crippen MR) is 103 cm³/mol. The molecular formula is C21H26N2O6. The van der Waals surface area contributed by atoms with E-state index in [1.807, 2.05) is 0 Å². The van der Waals surface area contributed by atoms with Crippen LogP contribution in [-0.4, -0.2) is 42.3 Å². The minimum Gasteiger partial charge on any atom is -0.507 e. The zero-order valence-corrected chi connectivity index (χ0v) is 16.4. The number of phenols is 1. The summed E-state index contributed by atoms with van der Waals surface area (Å²) >= 11 is 0. The van der Waals surface area contributed by atoms with E-state index in [-0.39, 0.29) is 16.9 Å². The van der Waals surface area contributed by atoms with Gasteiger partial charge in [0.05, 0.1) is 7.11 Å². The molecule has 0 radical (unpaired) electrons. The van der Waals surface area contributed by atoms with Gasteiger partial charge >= 0.3 is 12.0 Å². The van der Waals surface area contributed by atoms with Crippen molar-refractivity contribution in [1.82, 2.24) is 10.6 Å². The van der Waals surface area contributed by atoms with Gasteiger partial charge in [0, 0.05) is 11.6 Å². The van der Waals surface area contributed by atoms with Gasteiger partial charge in [-0.1, -0.05) is 0 Å². The molecule has 4 bridgehead atoms. The number of aromatic hydroxyl groups is 1. The minimum atomic E-state index is -0.859. The van der Waals surface area contributed by atoms with Gasteiger partial charge in [-0.2, -0.15) is 0 Å². The fourth-order valence-corrected chi connectivity index (χ4v) is 5.72. The number of imide groups is 1. The first-order valence-electron chi connectivity index (χ1n) is 10.0. The fourth-order valence-electron chi connectivity index (χ4n) is 5.72. The minimum absolute atomic E-state index is 0.0865. The zero-order chi connectivity index (χ0) is 20.6. The molecule has 0 heterocycles. The number of nitrogens with one attached hydrogen (secondary N) is 2. The monoisotopic (exact) mass is 402 g/mol. The van der Waals surface area contributed by atoms with Crippen molar-refractivity contribution >= 4 is 17.9 Å². The van der Waals surface area contributed by atoms with Gasteiger partial charge in [0.1, 0.15) is 17.1 Å². The number of carbonyl (C=O) groups excluding carboxylic acids is 3. The van der Waals surface area contributed by atoms with Gasteiger partial charge in [0.15, 0.2) is 6.61 Å². The van der Waals surface area contributed by atoms with Gasteiger partial charge in [0.2, 0.25) is 0 Å². The average molecular weight is 402 g/mol. The Bertz CT molecular complexity index is 801. The summed E-state index contributed by atoms with van der Waals surface area (Å²) in [5.74, 6) is 0.531. The van der Waals surface area contributed by atoms with E-state index in [9.17, 15) is 19.5 Å². The second-order valence-electron chi connectivity index (χ2n) is 8.66. The molecule has 4 aliphatic carbocycles. The fraction of sp³-hybridized carbons (Fsp3) is 0.571. The summed E-state index contributed by atoms with van der Waals surface area (Å²) in [5, 5.41) is 15.1. The Morgan fingerprint density at radius 3 is 2.28 bits per heavy atom. The van der Waals surface area contributed by atoms with Crippen molar-refractivity contribution in [2.24, 2.45) is 17.8 Å². The lowest BCUT2D eigenvalue weighted by atomic mass is 9.53. The lowest BCUT2D eigenvalue weighted by molar-refractivity contribution is -0.123. The van der Waals surface area contributed by atoms with E-state index in [4.69, 9.17) is 9.47 Å². The second kappa shape index (κ2) is 7.57. The van der Waals surface area contributed by atoms with Crippen LogP contribution in [0.3, 0.4) is 0 Å². The average Bonchev–Trinajstić information content (AvgIpc) is 2.64. The molecule has 1 aromatic carbocycles. The molecule has 1 aromatic rings. The number of hydrogen-bond donors (Lipinski definition) is 3. The molecule has 0 atom stereocenters. The summed E-state index contributed by atoms with van der Waals surface area (Å²) in [4.78, 5) is 36.4. The number of rotatable bonds is 5. The standard InChI is InChI=1S/C21H26N2O6/c1-28-15-2-3-16(17(24)7-15)19(26)29-11-18(25)22-20(27)23-21-8-12-4-13(9-21)6-14(5-12)10-21/h2-3,7,12-14,24H,4-6,8-11H2,1H3,(H2,22,23,25,27). The van der Waals surface area contributed by atoms with Gasteiger partial charge < -0.3 is 19.9 Å². The number of urea groups is 1. The molecule has 3 amide bonds. The molecule has 0 unspecified atom stereocenters. The Balaban J connectivity index is 1.26. The number of benzene rings is 1. The van der Waals surface area contributed by atoms with Crippen LogP contribution in [0.15, 0.2) is 18.2 Å². The molecule has 0 aliphatic heterocycles. The lowest BCUT2D eigenvalue weighted by Crippen LogP contribution is -2.62. The molecule has 4 aliphatic rings. The third-order valence-electron chi connectivity index (χ3n) is 6.43. The predicted octanol–water partition coefficient (Wildman–Crippen LogP) is 2.35. The summed E-state index contributed by atoms with van der Waals surface area (Å²) in [7, 11) is 1.44. The van der Waals surface area contributed by atoms with E-state index in [1.165, 1.54) is 44.6 Å². The van der Waals surface area contributed by atoms with Crippen LogP contribution in [0.25, 0.3) is 0 Å². The van der Waals surface area contributed by atoms with Crippen LogP contribution in [0.5, 0.6) is 11.5 Å². The highest BCUT2D eigenvalue weighted by atomic mass is 16.5. The van der Waals surface area contributed by atoms with Crippen molar-refractivity contribution in [3.63, 3.8) is 0 Å². The van der Waals surface area contributed by atoms with Crippen LogP contribution in [0.4, 0.5) is 4.79 Å². The van der Waals surface area contributed by atoms with E-state index in [2.05, 4.69) is 10.6 Å². The first-order chi connectivity index (χ1) is 13.9. The smallest absolute Gasteiger partial charge is 0.342 e. The van der Waals surface area contributed by atoms with E-state index in [0.717, 1.165) is 19.3 Å². The highest BCUT2D eigenvalue weighted by Crippen LogP contribution is 2.55. The number of ether oxygens (including phenoxy) is 2. The SMILES string of the molecule is COc1ccc(C(=O)OCC(=O)NC(=O)NC23CC4CC(CC(C4)C2)C3)c(O)c1. The van der Waals surface area contributed by atoms with Crippen molar-refractivity contribution in [1.29, 1.82) is 0 Å². The molecule has 0 spiro atoms. The molecule has 29 heavy (non-hydrogen) atoms. The summed E-state index contributed by atoms with van der Waals surface area (Å²) < 4.78 is 9.86. The van der Waals surface area contributed by atoms with E-state index in [0.29, 0.717) is 23.5 Å². The number of methoxy groups -OCH3 is 1. The highest BCUT2D eigenvalue weighted by molar-refractivity contribution is 5.98. The normalized spacial score (nSPS) is 29.2. The first-order valence-corrected chi connectivity index (χ1v) is 10.0. The molecule has 5 rings (SSSR count).